The molecule has 2 aromatic rings. The number of sulfonamides is 1. The Kier molecular flexibility index (Phi) is 7.47. The quantitative estimate of drug-likeness (QED) is 0.604. The number of amides is 1. The molecule has 3 rings (SSSR count). The highest BCUT2D eigenvalue weighted by Crippen LogP contribution is 2.28. The molecule has 0 aromatic heterocycles. The predicted octanol–water partition coefficient (Wildman–Crippen LogP) is 2.56. The molecule has 1 aliphatic rings. The summed E-state index contributed by atoms with van der Waals surface area (Å²) in [4.78, 5) is 14.0. The fraction of sp³-hybridized carbons (Fsp3) is 0.409. The van der Waals surface area contributed by atoms with E-state index >= 15 is 0 Å². The lowest BCUT2D eigenvalue weighted by molar-refractivity contribution is -0.118. The highest BCUT2D eigenvalue weighted by atomic mass is 32.2. The number of hydrogen-bond acceptors (Lipinski definition) is 5. The number of aryl methyl sites for hydroxylation is 1. The van der Waals surface area contributed by atoms with Crippen LogP contribution in [0.2, 0.25) is 0 Å². The minimum atomic E-state index is -3.50. The van der Waals surface area contributed by atoms with Crippen LogP contribution < -0.4 is 14.8 Å². The van der Waals surface area contributed by atoms with E-state index in [9.17, 15) is 13.2 Å². The van der Waals surface area contributed by atoms with Crippen molar-refractivity contribution in [2.24, 2.45) is 0 Å². The Bertz CT molecular complexity index is 974. The van der Waals surface area contributed by atoms with Crippen LogP contribution in [0.5, 0.6) is 5.75 Å². The SMILES string of the molecule is CCCN(CCNS(=O)(=O)c1ccc(C)cc1)CCc1ccc2c(c1)NC(=O)CO2. The van der Waals surface area contributed by atoms with Gasteiger partial charge in [-0.15, -0.1) is 0 Å². The predicted molar refractivity (Wildman–Crippen MR) is 117 cm³/mol. The number of carbonyl (C=O) groups excluding carboxylic acids is 1. The second-order valence-electron chi connectivity index (χ2n) is 7.47. The average Bonchev–Trinajstić information content (AvgIpc) is 2.72. The van der Waals surface area contributed by atoms with E-state index in [1.165, 1.54) is 0 Å². The molecule has 162 valence electrons. The van der Waals surface area contributed by atoms with E-state index in [0.717, 1.165) is 37.1 Å². The van der Waals surface area contributed by atoms with Crippen molar-refractivity contribution < 1.29 is 17.9 Å². The summed E-state index contributed by atoms with van der Waals surface area (Å²) in [5.74, 6) is 0.544. The van der Waals surface area contributed by atoms with Gasteiger partial charge in [0.05, 0.1) is 10.6 Å². The highest BCUT2D eigenvalue weighted by Gasteiger charge is 2.17. The number of anilines is 1. The van der Waals surface area contributed by atoms with Crippen molar-refractivity contribution in [2.45, 2.75) is 31.6 Å². The zero-order valence-corrected chi connectivity index (χ0v) is 18.3. The van der Waals surface area contributed by atoms with Gasteiger partial charge in [-0.25, -0.2) is 13.1 Å². The Morgan fingerprint density at radius 3 is 2.60 bits per heavy atom. The zero-order valence-electron chi connectivity index (χ0n) is 17.5. The molecule has 0 radical (unpaired) electrons. The molecule has 2 aromatic carbocycles. The summed E-state index contributed by atoms with van der Waals surface area (Å²) in [5, 5.41) is 2.83. The third-order valence-electron chi connectivity index (χ3n) is 4.98. The normalized spacial score (nSPS) is 13.6. The largest absolute Gasteiger partial charge is 0.482 e. The summed E-state index contributed by atoms with van der Waals surface area (Å²) in [6.07, 6.45) is 1.78. The van der Waals surface area contributed by atoms with Crippen LogP contribution in [0.3, 0.4) is 0 Å². The Hall–Kier alpha value is -2.42. The van der Waals surface area contributed by atoms with Crippen LogP contribution in [0.15, 0.2) is 47.4 Å². The smallest absolute Gasteiger partial charge is 0.262 e. The van der Waals surface area contributed by atoms with Gasteiger partial charge in [0, 0.05) is 19.6 Å². The first kappa shape index (κ1) is 22.3. The van der Waals surface area contributed by atoms with Gasteiger partial charge >= 0.3 is 0 Å². The molecule has 0 unspecified atom stereocenters. The van der Waals surface area contributed by atoms with Crippen LogP contribution in [-0.2, 0) is 21.2 Å². The minimum Gasteiger partial charge on any atom is -0.482 e. The van der Waals surface area contributed by atoms with Gasteiger partial charge in [0.25, 0.3) is 5.91 Å². The van der Waals surface area contributed by atoms with Gasteiger partial charge in [-0.05, 0) is 56.1 Å². The van der Waals surface area contributed by atoms with Crippen molar-refractivity contribution in [3.8, 4) is 5.75 Å². The lowest BCUT2D eigenvalue weighted by atomic mass is 10.1. The molecular formula is C22H29N3O4S. The summed E-state index contributed by atoms with van der Waals surface area (Å²) in [7, 11) is -3.50. The zero-order chi connectivity index (χ0) is 21.6. The van der Waals surface area contributed by atoms with Crippen LogP contribution in [0.1, 0.15) is 24.5 Å². The number of benzene rings is 2. The fourth-order valence-electron chi connectivity index (χ4n) is 3.36. The molecular weight excluding hydrogens is 402 g/mol. The number of fused-ring (bicyclic) bond motifs is 1. The lowest BCUT2D eigenvalue weighted by Crippen LogP contribution is -2.36. The molecule has 8 heteroatoms. The summed E-state index contributed by atoms with van der Waals surface area (Å²) >= 11 is 0. The van der Waals surface area contributed by atoms with Crippen LogP contribution in [0.4, 0.5) is 5.69 Å². The summed E-state index contributed by atoms with van der Waals surface area (Å²) in [6.45, 7) is 6.75. The maximum absolute atomic E-state index is 12.4. The first-order chi connectivity index (χ1) is 14.4. The van der Waals surface area contributed by atoms with Gasteiger partial charge in [0.1, 0.15) is 5.75 Å². The summed E-state index contributed by atoms with van der Waals surface area (Å²) in [5.41, 5.74) is 2.83. The Labute approximate surface area is 178 Å². The van der Waals surface area contributed by atoms with Crippen molar-refractivity contribution in [1.82, 2.24) is 9.62 Å². The van der Waals surface area contributed by atoms with Crippen molar-refractivity contribution in [2.75, 3.05) is 38.1 Å². The van der Waals surface area contributed by atoms with Crippen molar-refractivity contribution in [3.63, 3.8) is 0 Å². The monoisotopic (exact) mass is 431 g/mol. The first-order valence-electron chi connectivity index (χ1n) is 10.2. The van der Waals surface area contributed by atoms with E-state index in [4.69, 9.17) is 4.74 Å². The van der Waals surface area contributed by atoms with E-state index in [-0.39, 0.29) is 17.4 Å². The molecule has 1 aliphatic heterocycles. The van der Waals surface area contributed by atoms with Gasteiger partial charge in [-0.3, -0.25) is 4.79 Å². The topological polar surface area (TPSA) is 87.7 Å². The highest BCUT2D eigenvalue weighted by molar-refractivity contribution is 7.89. The van der Waals surface area contributed by atoms with Gasteiger partial charge in [0.15, 0.2) is 6.61 Å². The Morgan fingerprint density at radius 1 is 1.10 bits per heavy atom. The third-order valence-corrected chi connectivity index (χ3v) is 6.46. The second kappa shape index (κ2) is 10.1. The van der Waals surface area contributed by atoms with Gasteiger partial charge in [-0.2, -0.15) is 0 Å². The molecule has 7 nitrogen and oxygen atoms in total. The molecule has 1 heterocycles. The van der Waals surface area contributed by atoms with Crippen LogP contribution in [0.25, 0.3) is 0 Å². The Balaban J connectivity index is 1.53. The summed E-state index contributed by atoms with van der Waals surface area (Å²) < 4.78 is 33.0. The number of nitrogens with zero attached hydrogens (tertiary/aromatic N) is 1. The van der Waals surface area contributed by atoms with E-state index in [1.807, 2.05) is 25.1 Å². The molecule has 0 saturated heterocycles. The molecule has 0 atom stereocenters. The summed E-state index contributed by atoms with van der Waals surface area (Å²) in [6, 6.07) is 12.7. The third kappa shape index (κ3) is 6.04. The van der Waals surface area contributed by atoms with Gasteiger partial charge in [0.2, 0.25) is 10.0 Å². The van der Waals surface area contributed by atoms with Crippen LogP contribution in [0, 0.1) is 6.92 Å². The lowest BCUT2D eigenvalue weighted by Gasteiger charge is -2.23. The minimum absolute atomic E-state index is 0.0507. The number of carbonyl (C=O) groups is 1. The van der Waals surface area contributed by atoms with E-state index in [1.54, 1.807) is 24.3 Å². The average molecular weight is 432 g/mol. The van der Waals surface area contributed by atoms with Crippen molar-refractivity contribution in [1.29, 1.82) is 0 Å². The maximum atomic E-state index is 12.4. The standard InChI is InChI=1S/C22H29N3O4S/c1-3-12-25(14-11-23-30(27,28)19-7-4-17(2)5-8-19)13-10-18-6-9-21-20(15-18)24-22(26)16-29-21/h4-9,15,23H,3,10-14,16H2,1-2H3,(H,24,26). The van der Waals surface area contributed by atoms with E-state index in [0.29, 0.717) is 24.5 Å². The molecule has 0 fully saturated rings. The molecule has 1 amide bonds. The first-order valence-corrected chi connectivity index (χ1v) is 11.7. The molecule has 2 N–H and O–H groups in total. The van der Waals surface area contributed by atoms with Crippen LogP contribution in [-0.4, -0.2) is 52.0 Å². The molecule has 0 aliphatic carbocycles. The number of hydrogen-bond donors (Lipinski definition) is 2. The maximum Gasteiger partial charge on any atom is 0.262 e. The van der Waals surface area contributed by atoms with Gasteiger partial charge < -0.3 is 15.0 Å². The van der Waals surface area contributed by atoms with Crippen LogP contribution >= 0.6 is 0 Å². The molecule has 30 heavy (non-hydrogen) atoms. The molecule has 0 saturated carbocycles. The number of rotatable bonds is 10. The Morgan fingerprint density at radius 2 is 1.87 bits per heavy atom. The molecule has 0 bridgehead atoms. The van der Waals surface area contributed by atoms with E-state index < -0.39 is 10.0 Å². The second-order valence-corrected chi connectivity index (χ2v) is 9.24. The van der Waals surface area contributed by atoms with Crippen molar-refractivity contribution in [3.05, 3.63) is 53.6 Å². The number of nitrogens with one attached hydrogen (secondary N) is 2. The fourth-order valence-corrected chi connectivity index (χ4v) is 4.38. The van der Waals surface area contributed by atoms with E-state index in [2.05, 4.69) is 21.9 Å². The molecule has 0 spiro atoms. The number of ether oxygens (including phenoxy) is 1. The van der Waals surface area contributed by atoms with Gasteiger partial charge in [-0.1, -0.05) is 30.7 Å². The van der Waals surface area contributed by atoms with Crippen molar-refractivity contribution >= 4 is 21.6 Å².